The van der Waals surface area contributed by atoms with Gasteiger partial charge in [-0.3, -0.25) is 9.79 Å². The number of carbonyl (C=O) groups is 1. The summed E-state index contributed by atoms with van der Waals surface area (Å²) in [5.74, 6) is 0.0941. The van der Waals surface area contributed by atoms with Crippen LogP contribution in [0.25, 0.3) is 5.57 Å². The highest BCUT2D eigenvalue weighted by Crippen LogP contribution is 2.34. The Balaban J connectivity index is 0.000000753. The SMILES string of the molecule is CC.O=C1c2cc(Br)ccc2NC1C=C1C=Nc2ccccc21. The van der Waals surface area contributed by atoms with Crippen LogP contribution in [-0.2, 0) is 0 Å². The molecule has 0 saturated carbocycles. The van der Waals surface area contributed by atoms with E-state index in [1.165, 1.54) is 0 Å². The molecular formula is C19H17BrN2O. The van der Waals surface area contributed by atoms with Gasteiger partial charge in [-0.15, -0.1) is 0 Å². The molecule has 4 heteroatoms. The molecule has 0 aromatic heterocycles. The zero-order valence-corrected chi connectivity index (χ0v) is 14.6. The van der Waals surface area contributed by atoms with Gasteiger partial charge in [0.1, 0.15) is 6.04 Å². The van der Waals surface area contributed by atoms with Gasteiger partial charge in [0.2, 0.25) is 0 Å². The highest BCUT2D eigenvalue weighted by molar-refractivity contribution is 9.10. The van der Waals surface area contributed by atoms with Crippen molar-refractivity contribution in [2.75, 3.05) is 5.32 Å². The quantitative estimate of drug-likeness (QED) is 0.746. The Hall–Kier alpha value is -2.20. The van der Waals surface area contributed by atoms with E-state index in [-0.39, 0.29) is 11.8 Å². The summed E-state index contributed by atoms with van der Waals surface area (Å²) < 4.78 is 0.914. The highest BCUT2D eigenvalue weighted by atomic mass is 79.9. The van der Waals surface area contributed by atoms with Gasteiger partial charge in [-0.1, -0.05) is 48.0 Å². The molecule has 0 radical (unpaired) electrons. The molecule has 1 atom stereocenters. The van der Waals surface area contributed by atoms with Gasteiger partial charge in [0.05, 0.1) is 5.69 Å². The van der Waals surface area contributed by atoms with Crippen LogP contribution >= 0.6 is 15.9 Å². The molecule has 23 heavy (non-hydrogen) atoms. The van der Waals surface area contributed by atoms with Crippen LogP contribution in [-0.4, -0.2) is 18.0 Å². The molecule has 1 N–H and O–H groups in total. The minimum absolute atomic E-state index is 0.0941. The molecule has 0 aliphatic carbocycles. The Bertz CT molecular complexity index is 824. The van der Waals surface area contributed by atoms with Gasteiger partial charge < -0.3 is 5.32 Å². The van der Waals surface area contributed by atoms with Gasteiger partial charge in [-0.25, -0.2) is 0 Å². The number of anilines is 1. The Kier molecular flexibility index (Phi) is 4.44. The van der Waals surface area contributed by atoms with Gasteiger partial charge in [0.15, 0.2) is 5.78 Å². The number of aliphatic imine (C=N–C) groups is 1. The molecule has 2 aliphatic rings. The average Bonchev–Trinajstić information content (AvgIpc) is 3.13. The summed E-state index contributed by atoms with van der Waals surface area (Å²) in [6.45, 7) is 4.00. The van der Waals surface area contributed by atoms with Crippen molar-refractivity contribution in [3.05, 3.63) is 64.1 Å². The van der Waals surface area contributed by atoms with Gasteiger partial charge in [0.25, 0.3) is 0 Å². The van der Waals surface area contributed by atoms with Gasteiger partial charge >= 0.3 is 0 Å². The molecule has 116 valence electrons. The van der Waals surface area contributed by atoms with Crippen LogP contribution in [0.4, 0.5) is 11.4 Å². The third-order valence-electron chi connectivity index (χ3n) is 3.74. The molecule has 2 aromatic rings. The third kappa shape index (κ3) is 2.86. The first kappa shape index (κ1) is 15.7. The van der Waals surface area contributed by atoms with E-state index in [0.717, 1.165) is 32.5 Å². The Morgan fingerprint density at radius 2 is 1.91 bits per heavy atom. The number of ketones is 1. The summed E-state index contributed by atoms with van der Waals surface area (Å²) in [6, 6.07) is 13.3. The first-order valence-corrected chi connectivity index (χ1v) is 8.47. The topological polar surface area (TPSA) is 41.5 Å². The van der Waals surface area contributed by atoms with Crippen molar-refractivity contribution in [3.63, 3.8) is 0 Å². The van der Waals surface area contributed by atoms with Crippen LogP contribution in [0, 0.1) is 0 Å². The summed E-state index contributed by atoms with van der Waals surface area (Å²) in [6.07, 6.45) is 3.77. The zero-order chi connectivity index (χ0) is 16.4. The van der Waals surface area contributed by atoms with Crippen molar-refractivity contribution in [2.45, 2.75) is 19.9 Å². The molecule has 0 saturated heterocycles. The number of Topliss-reactive ketones (excluding diaryl/α,β-unsaturated/α-hetero) is 1. The average molecular weight is 369 g/mol. The second-order valence-electron chi connectivity index (χ2n) is 5.07. The fourth-order valence-electron chi connectivity index (χ4n) is 2.72. The summed E-state index contributed by atoms with van der Waals surface area (Å²) in [4.78, 5) is 16.8. The van der Waals surface area contributed by atoms with Crippen molar-refractivity contribution >= 4 is 44.9 Å². The number of allylic oxidation sites excluding steroid dienone is 1. The van der Waals surface area contributed by atoms with Crippen molar-refractivity contribution in [2.24, 2.45) is 4.99 Å². The Labute approximate surface area is 144 Å². The van der Waals surface area contributed by atoms with Crippen LogP contribution in [0.5, 0.6) is 0 Å². The third-order valence-corrected chi connectivity index (χ3v) is 4.24. The number of hydrogen-bond acceptors (Lipinski definition) is 3. The van der Waals surface area contributed by atoms with Crippen LogP contribution in [0.2, 0.25) is 0 Å². The van der Waals surface area contributed by atoms with Crippen molar-refractivity contribution in [1.82, 2.24) is 0 Å². The summed E-state index contributed by atoms with van der Waals surface area (Å²) in [5, 5.41) is 3.26. The number of hydrogen-bond donors (Lipinski definition) is 1. The van der Waals surface area contributed by atoms with Gasteiger partial charge in [-0.05, 0) is 30.3 Å². The van der Waals surface area contributed by atoms with Crippen LogP contribution in [0.3, 0.4) is 0 Å². The minimum atomic E-state index is -0.332. The highest BCUT2D eigenvalue weighted by Gasteiger charge is 2.29. The first-order chi connectivity index (χ1) is 11.2. The van der Waals surface area contributed by atoms with E-state index < -0.39 is 0 Å². The number of para-hydroxylation sites is 1. The molecule has 2 heterocycles. The van der Waals surface area contributed by atoms with E-state index in [1.54, 1.807) is 0 Å². The fraction of sp³-hybridized carbons (Fsp3) is 0.158. The molecular weight excluding hydrogens is 352 g/mol. The smallest absolute Gasteiger partial charge is 0.191 e. The maximum Gasteiger partial charge on any atom is 0.191 e. The second-order valence-corrected chi connectivity index (χ2v) is 5.99. The predicted molar refractivity (Wildman–Crippen MR) is 99.8 cm³/mol. The normalized spacial score (nSPS) is 19.0. The number of nitrogens with one attached hydrogen (secondary N) is 1. The van der Waals surface area contributed by atoms with Crippen LogP contribution < -0.4 is 5.32 Å². The van der Waals surface area contributed by atoms with E-state index in [9.17, 15) is 4.79 Å². The predicted octanol–water partition coefficient (Wildman–Crippen LogP) is 5.25. The largest absolute Gasteiger partial charge is 0.371 e. The van der Waals surface area contributed by atoms with Crippen LogP contribution in [0.15, 0.2) is 58.0 Å². The van der Waals surface area contributed by atoms with Crippen molar-refractivity contribution in [3.8, 4) is 0 Å². The van der Waals surface area contributed by atoms with E-state index in [4.69, 9.17) is 0 Å². The number of carbonyl (C=O) groups excluding carboxylic acids is 1. The lowest BCUT2D eigenvalue weighted by Gasteiger charge is -2.06. The number of rotatable bonds is 1. The number of benzene rings is 2. The molecule has 3 nitrogen and oxygen atoms in total. The molecule has 0 amide bonds. The minimum Gasteiger partial charge on any atom is -0.371 e. The lowest BCUT2D eigenvalue weighted by molar-refractivity contribution is 0.0993. The van der Waals surface area contributed by atoms with Crippen molar-refractivity contribution < 1.29 is 4.79 Å². The van der Waals surface area contributed by atoms with E-state index in [0.29, 0.717) is 0 Å². The van der Waals surface area contributed by atoms with Gasteiger partial charge in [-0.2, -0.15) is 0 Å². The molecule has 2 aliphatic heterocycles. The maximum absolute atomic E-state index is 12.5. The monoisotopic (exact) mass is 368 g/mol. The number of halogens is 1. The molecule has 2 aromatic carbocycles. The van der Waals surface area contributed by atoms with E-state index in [1.807, 2.05) is 68.6 Å². The van der Waals surface area contributed by atoms with E-state index in [2.05, 4.69) is 26.2 Å². The summed E-state index contributed by atoms with van der Waals surface area (Å²) in [5.41, 5.74) is 4.63. The fourth-order valence-corrected chi connectivity index (χ4v) is 3.08. The molecule has 0 bridgehead atoms. The Morgan fingerprint density at radius 1 is 1.13 bits per heavy atom. The van der Waals surface area contributed by atoms with E-state index >= 15 is 0 Å². The van der Waals surface area contributed by atoms with Gasteiger partial charge in [0, 0.05) is 33.1 Å². The maximum atomic E-state index is 12.5. The zero-order valence-electron chi connectivity index (χ0n) is 13.0. The van der Waals surface area contributed by atoms with Crippen molar-refractivity contribution in [1.29, 1.82) is 0 Å². The first-order valence-electron chi connectivity index (χ1n) is 7.68. The summed E-state index contributed by atoms with van der Waals surface area (Å²) in [7, 11) is 0. The number of nitrogens with zero attached hydrogens (tertiary/aromatic N) is 1. The lowest BCUT2D eigenvalue weighted by atomic mass is 10.0. The standard InChI is InChI=1S/C17H11BrN2O.C2H6/c18-11-5-6-15-13(8-11)17(21)16(20-15)7-10-9-19-14-4-2-1-3-12(10)14;1-2/h1-9,16,20H;1-2H3. The summed E-state index contributed by atoms with van der Waals surface area (Å²) >= 11 is 3.41. The Morgan fingerprint density at radius 3 is 2.74 bits per heavy atom. The molecule has 1 unspecified atom stereocenters. The second kappa shape index (κ2) is 6.50. The van der Waals surface area contributed by atoms with Crippen LogP contribution in [0.1, 0.15) is 29.8 Å². The number of fused-ring (bicyclic) bond motifs is 2. The molecule has 4 rings (SSSR count). The molecule has 0 spiro atoms. The lowest BCUT2D eigenvalue weighted by Crippen LogP contribution is -2.19. The molecule has 0 fully saturated rings.